The van der Waals surface area contributed by atoms with Crippen molar-refractivity contribution in [3.8, 4) is 33.4 Å². The smallest absolute Gasteiger partial charge is 0.0656 e. The molecule has 0 fully saturated rings. The minimum absolute atomic E-state index is 1.24. The largest absolute Gasteiger partial charge is 0.0776 e. The lowest BCUT2D eigenvalue weighted by Gasteiger charge is -2.19. The summed E-state index contributed by atoms with van der Waals surface area (Å²) in [4.78, 5) is 0. The molecule has 0 aliphatic rings. The van der Waals surface area contributed by atoms with Gasteiger partial charge in [0.05, 0.1) is 8.07 Å². The van der Waals surface area contributed by atoms with Gasteiger partial charge in [0.15, 0.2) is 0 Å². The highest BCUT2D eigenvalue weighted by molar-refractivity contribution is 6.88. The van der Waals surface area contributed by atoms with Crippen LogP contribution in [0.1, 0.15) is 0 Å². The Labute approximate surface area is 260 Å². The Morgan fingerprint density at radius 2 is 0.818 bits per heavy atom. The molecule has 0 aliphatic heterocycles. The van der Waals surface area contributed by atoms with Crippen molar-refractivity contribution in [1.82, 2.24) is 0 Å². The molecule has 0 unspecified atom stereocenters. The summed E-state index contributed by atoms with van der Waals surface area (Å²) < 4.78 is 0. The summed E-state index contributed by atoms with van der Waals surface area (Å²) in [5, 5.41) is 11.8. The van der Waals surface area contributed by atoms with Crippen molar-refractivity contribution in [2.45, 2.75) is 19.6 Å². The summed E-state index contributed by atoms with van der Waals surface area (Å²) in [5.41, 5.74) is 7.62. The van der Waals surface area contributed by atoms with Crippen molar-refractivity contribution in [3.05, 3.63) is 152 Å². The Kier molecular flexibility index (Phi) is 6.25. The van der Waals surface area contributed by atoms with E-state index in [1.165, 1.54) is 81.7 Å². The molecule has 0 aliphatic carbocycles. The monoisotopic (exact) mass is 578 g/mol. The van der Waals surface area contributed by atoms with E-state index in [0.29, 0.717) is 0 Å². The second-order valence-corrected chi connectivity index (χ2v) is 18.0. The normalized spacial score (nSPS) is 12.0. The molecule has 0 nitrogen and oxygen atoms in total. The highest BCUT2D eigenvalue weighted by atomic mass is 28.3. The van der Waals surface area contributed by atoms with E-state index in [1.54, 1.807) is 0 Å². The van der Waals surface area contributed by atoms with Crippen molar-refractivity contribution in [1.29, 1.82) is 0 Å². The Morgan fingerprint density at radius 3 is 1.45 bits per heavy atom. The molecule has 0 N–H and O–H groups in total. The number of rotatable bonds is 4. The number of fused-ring (bicyclic) bond motifs is 4. The summed E-state index contributed by atoms with van der Waals surface area (Å²) >= 11 is 0. The lowest BCUT2D eigenvalue weighted by Crippen LogP contribution is -2.37. The summed E-state index contributed by atoms with van der Waals surface area (Å²) in [6.07, 6.45) is 0. The molecular weight excluding hydrogens is 545 g/mol. The van der Waals surface area contributed by atoms with Crippen molar-refractivity contribution in [3.63, 3.8) is 0 Å². The molecule has 0 amide bonds. The molecule has 44 heavy (non-hydrogen) atoms. The molecule has 1 heteroatoms. The molecule has 0 heterocycles. The van der Waals surface area contributed by atoms with Gasteiger partial charge >= 0.3 is 0 Å². The van der Waals surface area contributed by atoms with Crippen molar-refractivity contribution in [2.75, 3.05) is 0 Å². The van der Waals surface area contributed by atoms with Crippen LogP contribution in [0.5, 0.6) is 0 Å². The van der Waals surface area contributed by atoms with E-state index in [2.05, 4.69) is 171 Å². The van der Waals surface area contributed by atoms with E-state index < -0.39 is 8.07 Å². The molecule has 0 saturated heterocycles. The summed E-state index contributed by atoms with van der Waals surface area (Å²) in [7, 11) is -1.37. The molecule has 210 valence electrons. The Hall–Kier alpha value is -4.98. The fraction of sp³-hybridized carbons (Fsp3) is 0.0698. The molecule has 8 aromatic rings. The van der Waals surface area contributed by atoms with Crippen LogP contribution in [0.3, 0.4) is 0 Å². The fourth-order valence-corrected chi connectivity index (χ4v) is 8.08. The highest BCUT2D eigenvalue weighted by Crippen LogP contribution is 2.44. The predicted octanol–water partition coefficient (Wildman–Crippen LogP) is 11.8. The third-order valence-corrected chi connectivity index (χ3v) is 11.2. The third-order valence-electron chi connectivity index (χ3n) is 9.20. The van der Waals surface area contributed by atoms with Gasteiger partial charge in [-0.2, -0.15) is 0 Å². The van der Waals surface area contributed by atoms with Crippen LogP contribution in [0, 0.1) is 0 Å². The summed E-state index contributed by atoms with van der Waals surface area (Å²) in [6, 6.07) is 56.4. The quantitative estimate of drug-likeness (QED) is 0.144. The van der Waals surface area contributed by atoms with Crippen molar-refractivity contribution in [2.24, 2.45) is 0 Å². The van der Waals surface area contributed by atoms with Gasteiger partial charge in [-0.1, -0.05) is 170 Å². The van der Waals surface area contributed by atoms with Gasteiger partial charge < -0.3 is 0 Å². The van der Waals surface area contributed by atoms with E-state index in [0.717, 1.165) is 0 Å². The molecule has 8 aromatic carbocycles. The average molecular weight is 579 g/mol. The van der Waals surface area contributed by atoms with E-state index in [1.807, 2.05) is 0 Å². The first-order valence-corrected chi connectivity index (χ1v) is 19.0. The maximum absolute atomic E-state index is 2.42. The molecule has 0 bridgehead atoms. The van der Waals surface area contributed by atoms with Gasteiger partial charge in [0.2, 0.25) is 0 Å². The van der Waals surface area contributed by atoms with Crippen LogP contribution in [-0.4, -0.2) is 8.07 Å². The van der Waals surface area contributed by atoms with Gasteiger partial charge in [0.1, 0.15) is 0 Å². The second kappa shape index (κ2) is 10.3. The maximum Gasteiger partial charge on any atom is 0.0776 e. The van der Waals surface area contributed by atoms with Gasteiger partial charge in [-0.25, -0.2) is 0 Å². The van der Waals surface area contributed by atoms with Crippen molar-refractivity contribution < 1.29 is 0 Å². The van der Waals surface area contributed by atoms with Crippen LogP contribution in [0.4, 0.5) is 0 Å². The number of hydrogen-bond acceptors (Lipinski definition) is 0. The third kappa shape index (κ3) is 4.44. The van der Waals surface area contributed by atoms with E-state index in [-0.39, 0.29) is 0 Å². The molecule has 0 atom stereocenters. The Morgan fingerprint density at radius 1 is 0.341 bits per heavy atom. The van der Waals surface area contributed by atoms with Crippen LogP contribution in [0.25, 0.3) is 76.5 Å². The summed E-state index contributed by atoms with van der Waals surface area (Å²) in [5.74, 6) is 0. The fourth-order valence-electron chi connectivity index (χ4n) is 6.91. The zero-order valence-electron chi connectivity index (χ0n) is 25.4. The Bertz CT molecular complexity index is 2290. The van der Waals surface area contributed by atoms with Crippen LogP contribution >= 0.6 is 0 Å². The maximum atomic E-state index is 2.42. The number of benzene rings is 8. The molecule has 0 aromatic heterocycles. The van der Waals surface area contributed by atoms with E-state index >= 15 is 0 Å². The van der Waals surface area contributed by atoms with Gasteiger partial charge in [-0.15, -0.1) is 0 Å². The molecule has 0 radical (unpaired) electrons. The minimum Gasteiger partial charge on any atom is -0.0656 e. The van der Waals surface area contributed by atoms with Gasteiger partial charge in [-0.05, 0) is 82.5 Å². The van der Waals surface area contributed by atoms with Crippen molar-refractivity contribution >= 4 is 56.4 Å². The topological polar surface area (TPSA) is 0 Å². The van der Waals surface area contributed by atoms with Gasteiger partial charge in [-0.3, -0.25) is 0 Å². The standard InChI is InChI=1S/C43H34Si/c1-44(2,3)35-26-25-32-27-34(24-23-33(32)28-35)43-40-16-8-6-14-38(40)42(39-15-7-9-17-41(39)43)31-21-19-30(20-22-31)37-18-10-12-29-11-4-5-13-36(29)37/h4-28H,1-3H3. The van der Waals surface area contributed by atoms with Gasteiger partial charge in [0, 0.05) is 0 Å². The van der Waals surface area contributed by atoms with E-state index in [9.17, 15) is 0 Å². The molecular formula is C43H34Si. The summed E-state index contributed by atoms with van der Waals surface area (Å²) in [6.45, 7) is 7.25. The highest BCUT2D eigenvalue weighted by Gasteiger charge is 2.19. The second-order valence-electron chi connectivity index (χ2n) is 13.0. The molecule has 0 spiro atoms. The lowest BCUT2D eigenvalue weighted by atomic mass is 9.85. The molecule has 8 rings (SSSR count). The van der Waals surface area contributed by atoms with E-state index in [4.69, 9.17) is 0 Å². The minimum atomic E-state index is -1.37. The lowest BCUT2D eigenvalue weighted by molar-refractivity contribution is 1.63. The Balaban J connectivity index is 1.32. The first-order valence-electron chi connectivity index (χ1n) is 15.5. The van der Waals surface area contributed by atoms with Crippen LogP contribution in [0.15, 0.2) is 152 Å². The zero-order chi connectivity index (χ0) is 29.8. The first-order chi connectivity index (χ1) is 21.5. The number of hydrogen-bond donors (Lipinski definition) is 0. The average Bonchev–Trinajstić information content (AvgIpc) is 3.06. The predicted molar refractivity (Wildman–Crippen MR) is 196 cm³/mol. The SMILES string of the molecule is C[Si](C)(C)c1ccc2cc(-c3c4ccccc4c(-c4ccc(-c5cccc6ccccc56)cc4)c4ccccc34)ccc2c1. The first kappa shape index (κ1) is 26.6. The zero-order valence-corrected chi connectivity index (χ0v) is 26.4. The molecule has 0 saturated carbocycles. The van der Waals surface area contributed by atoms with Crippen LogP contribution in [0.2, 0.25) is 19.6 Å². The van der Waals surface area contributed by atoms with Crippen LogP contribution in [-0.2, 0) is 0 Å². The van der Waals surface area contributed by atoms with Gasteiger partial charge in [0.25, 0.3) is 0 Å². The van der Waals surface area contributed by atoms with Crippen LogP contribution < -0.4 is 5.19 Å².